The van der Waals surface area contributed by atoms with Crippen LogP contribution in [0.1, 0.15) is 22.3 Å². The van der Waals surface area contributed by atoms with E-state index in [4.69, 9.17) is 14.6 Å². The third-order valence-electron chi connectivity index (χ3n) is 2.64. The fourth-order valence-electron chi connectivity index (χ4n) is 1.57. The number of benzene rings is 1. The lowest BCUT2D eigenvalue weighted by atomic mass is 10.1. The molecular formula is C16H21NO4. The van der Waals surface area contributed by atoms with Gasteiger partial charge in [-0.2, -0.15) is 0 Å². The summed E-state index contributed by atoms with van der Waals surface area (Å²) in [6.45, 7) is 2.14. The molecule has 0 aliphatic heterocycles. The quantitative estimate of drug-likeness (QED) is 0.549. The first-order chi connectivity index (χ1) is 10.3. The predicted molar refractivity (Wildman–Crippen MR) is 80.1 cm³/mol. The van der Waals surface area contributed by atoms with Crippen molar-refractivity contribution in [1.29, 1.82) is 0 Å². The minimum Gasteiger partial charge on any atom is -0.384 e. The third kappa shape index (κ3) is 7.47. The molecule has 114 valence electrons. The minimum absolute atomic E-state index is 0.117. The molecule has 0 radical (unpaired) electrons. The lowest BCUT2D eigenvalue weighted by molar-refractivity contribution is 0.0688. The highest BCUT2D eigenvalue weighted by Crippen LogP contribution is 2.03. The van der Waals surface area contributed by atoms with Gasteiger partial charge in [-0.15, -0.1) is 0 Å². The molecule has 0 bridgehead atoms. The molecule has 0 aliphatic carbocycles. The Bertz CT molecular complexity index is 473. The molecular weight excluding hydrogens is 270 g/mol. The van der Waals surface area contributed by atoms with Crippen molar-refractivity contribution in [2.45, 2.75) is 6.42 Å². The molecule has 0 saturated heterocycles. The van der Waals surface area contributed by atoms with Crippen LogP contribution in [0.4, 0.5) is 0 Å². The Morgan fingerprint density at radius 1 is 1.24 bits per heavy atom. The molecule has 1 aromatic carbocycles. The first-order valence-electron chi connectivity index (χ1n) is 6.82. The van der Waals surface area contributed by atoms with Gasteiger partial charge in [0.1, 0.15) is 6.61 Å². The zero-order valence-corrected chi connectivity index (χ0v) is 12.2. The van der Waals surface area contributed by atoms with Crippen molar-refractivity contribution in [2.24, 2.45) is 0 Å². The Labute approximate surface area is 125 Å². The summed E-state index contributed by atoms with van der Waals surface area (Å²) in [6, 6.07) is 6.94. The van der Waals surface area contributed by atoms with Crippen molar-refractivity contribution in [3.05, 3.63) is 35.4 Å². The van der Waals surface area contributed by atoms with Crippen LogP contribution in [0.3, 0.4) is 0 Å². The number of rotatable bonds is 8. The molecule has 0 fully saturated rings. The average molecular weight is 291 g/mol. The first-order valence-corrected chi connectivity index (χ1v) is 6.82. The number of hydrogen-bond donors (Lipinski definition) is 2. The van der Waals surface area contributed by atoms with E-state index in [1.54, 1.807) is 31.4 Å². The van der Waals surface area contributed by atoms with Gasteiger partial charge in [0, 0.05) is 31.4 Å². The second kappa shape index (κ2) is 10.9. The molecule has 2 N–H and O–H groups in total. The van der Waals surface area contributed by atoms with Crippen LogP contribution in [-0.4, -0.2) is 51.1 Å². The van der Waals surface area contributed by atoms with Crippen molar-refractivity contribution in [1.82, 2.24) is 5.32 Å². The summed E-state index contributed by atoms with van der Waals surface area (Å²) in [7, 11) is 1.63. The average Bonchev–Trinajstić information content (AvgIpc) is 2.52. The van der Waals surface area contributed by atoms with Gasteiger partial charge in [-0.3, -0.25) is 4.79 Å². The van der Waals surface area contributed by atoms with Gasteiger partial charge < -0.3 is 19.9 Å². The summed E-state index contributed by atoms with van der Waals surface area (Å²) in [6.07, 6.45) is 0.759. The number of ether oxygens (including phenoxy) is 2. The van der Waals surface area contributed by atoms with E-state index in [1.165, 1.54) is 0 Å². The Hall–Kier alpha value is -1.87. The lowest BCUT2D eigenvalue weighted by Crippen LogP contribution is -2.25. The largest absolute Gasteiger partial charge is 0.384 e. The summed E-state index contributed by atoms with van der Waals surface area (Å²) in [5.41, 5.74) is 1.36. The SMILES string of the molecule is COCCOCCCNC(=O)c1ccc(C#CCO)cc1. The van der Waals surface area contributed by atoms with Gasteiger partial charge in [0.25, 0.3) is 5.91 Å². The van der Waals surface area contributed by atoms with Crippen molar-refractivity contribution < 1.29 is 19.4 Å². The molecule has 0 aliphatic rings. The fraction of sp³-hybridized carbons (Fsp3) is 0.438. The zero-order chi connectivity index (χ0) is 15.3. The van der Waals surface area contributed by atoms with Crippen LogP contribution in [0, 0.1) is 11.8 Å². The van der Waals surface area contributed by atoms with Gasteiger partial charge in [0.15, 0.2) is 0 Å². The Morgan fingerprint density at radius 2 is 2.00 bits per heavy atom. The predicted octanol–water partition coefficient (Wildman–Crippen LogP) is 0.813. The van der Waals surface area contributed by atoms with E-state index >= 15 is 0 Å². The molecule has 1 amide bonds. The van der Waals surface area contributed by atoms with E-state index in [2.05, 4.69) is 17.2 Å². The maximum atomic E-state index is 11.9. The highest BCUT2D eigenvalue weighted by molar-refractivity contribution is 5.94. The van der Waals surface area contributed by atoms with Gasteiger partial charge in [-0.1, -0.05) is 11.8 Å². The van der Waals surface area contributed by atoms with Crippen LogP contribution in [0.2, 0.25) is 0 Å². The van der Waals surface area contributed by atoms with E-state index in [9.17, 15) is 4.79 Å². The van der Waals surface area contributed by atoms with Gasteiger partial charge in [0.2, 0.25) is 0 Å². The molecule has 0 aromatic heterocycles. The molecule has 0 spiro atoms. The van der Waals surface area contributed by atoms with E-state index in [-0.39, 0.29) is 12.5 Å². The topological polar surface area (TPSA) is 67.8 Å². The number of methoxy groups -OCH3 is 1. The van der Waals surface area contributed by atoms with Crippen molar-refractivity contribution in [3.63, 3.8) is 0 Å². The number of carbonyl (C=O) groups is 1. The summed E-state index contributed by atoms with van der Waals surface area (Å²) in [5, 5.41) is 11.4. The zero-order valence-electron chi connectivity index (χ0n) is 12.2. The van der Waals surface area contributed by atoms with E-state index in [0.29, 0.717) is 31.9 Å². The maximum Gasteiger partial charge on any atom is 0.251 e. The second-order valence-corrected chi connectivity index (χ2v) is 4.25. The third-order valence-corrected chi connectivity index (χ3v) is 2.64. The summed E-state index contributed by atoms with van der Waals surface area (Å²) < 4.78 is 10.2. The Morgan fingerprint density at radius 3 is 2.67 bits per heavy atom. The number of nitrogens with one attached hydrogen (secondary N) is 1. The van der Waals surface area contributed by atoms with E-state index in [0.717, 1.165) is 12.0 Å². The van der Waals surface area contributed by atoms with Gasteiger partial charge in [-0.05, 0) is 30.7 Å². The fourth-order valence-corrected chi connectivity index (χ4v) is 1.57. The maximum absolute atomic E-state index is 11.9. The van der Waals surface area contributed by atoms with Crippen LogP contribution in [0.25, 0.3) is 0 Å². The monoisotopic (exact) mass is 291 g/mol. The molecule has 0 atom stereocenters. The van der Waals surface area contributed by atoms with Gasteiger partial charge >= 0.3 is 0 Å². The standard InChI is InChI=1S/C16H21NO4/c1-20-12-13-21-11-3-9-17-16(19)15-7-5-14(6-8-15)4-2-10-18/h5-8,18H,3,9-13H2,1H3,(H,17,19). The van der Waals surface area contributed by atoms with Crippen molar-refractivity contribution >= 4 is 5.91 Å². The number of hydrogen-bond acceptors (Lipinski definition) is 4. The van der Waals surface area contributed by atoms with E-state index < -0.39 is 0 Å². The smallest absolute Gasteiger partial charge is 0.251 e. The molecule has 21 heavy (non-hydrogen) atoms. The lowest BCUT2D eigenvalue weighted by Gasteiger charge is -2.06. The molecule has 0 saturated carbocycles. The number of aliphatic hydroxyl groups excluding tert-OH is 1. The van der Waals surface area contributed by atoms with Gasteiger partial charge in [-0.25, -0.2) is 0 Å². The number of carbonyl (C=O) groups excluding carboxylic acids is 1. The molecule has 5 nitrogen and oxygen atoms in total. The Balaban J connectivity index is 2.26. The first kappa shape index (κ1) is 17.2. The highest BCUT2D eigenvalue weighted by atomic mass is 16.5. The second-order valence-electron chi connectivity index (χ2n) is 4.25. The molecule has 0 heterocycles. The van der Waals surface area contributed by atoms with Crippen LogP contribution in [-0.2, 0) is 9.47 Å². The molecule has 1 aromatic rings. The summed E-state index contributed by atoms with van der Waals surface area (Å²) in [4.78, 5) is 11.9. The van der Waals surface area contributed by atoms with E-state index in [1.807, 2.05) is 0 Å². The molecule has 0 unspecified atom stereocenters. The molecule has 1 rings (SSSR count). The highest BCUT2D eigenvalue weighted by Gasteiger charge is 2.03. The minimum atomic E-state index is -0.172. The summed E-state index contributed by atoms with van der Waals surface area (Å²) >= 11 is 0. The molecule has 5 heteroatoms. The normalized spacial score (nSPS) is 9.81. The van der Waals surface area contributed by atoms with Crippen molar-refractivity contribution in [3.8, 4) is 11.8 Å². The number of amides is 1. The van der Waals surface area contributed by atoms with Crippen LogP contribution >= 0.6 is 0 Å². The Kier molecular flexibility index (Phi) is 8.89. The summed E-state index contributed by atoms with van der Waals surface area (Å²) in [5.74, 6) is 5.22. The van der Waals surface area contributed by atoms with Gasteiger partial charge in [0.05, 0.1) is 13.2 Å². The van der Waals surface area contributed by atoms with Crippen LogP contribution in [0.5, 0.6) is 0 Å². The number of aliphatic hydroxyl groups is 1. The van der Waals surface area contributed by atoms with Crippen LogP contribution < -0.4 is 5.32 Å². The van der Waals surface area contributed by atoms with Crippen molar-refractivity contribution in [2.75, 3.05) is 40.1 Å². The van der Waals surface area contributed by atoms with Crippen LogP contribution in [0.15, 0.2) is 24.3 Å².